The summed E-state index contributed by atoms with van der Waals surface area (Å²) in [6.07, 6.45) is 2.81. The molecule has 1 atom stereocenters. The zero-order valence-electron chi connectivity index (χ0n) is 14.7. The highest BCUT2D eigenvalue weighted by molar-refractivity contribution is 5.78. The van der Waals surface area contributed by atoms with Gasteiger partial charge >= 0.3 is 11.7 Å². The lowest BCUT2D eigenvalue weighted by Crippen LogP contribution is -2.42. The Morgan fingerprint density at radius 2 is 2.00 bits per heavy atom. The maximum atomic E-state index is 12.4. The van der Waals surface area contributed by atoms with Crippen LogP contribution in [-0.4, -0.2) is 53.7 Å². The van der Waals surface area contributed by atoms with Gasteiger partial charge in [-0.2, -0.15) is 0 Å². The van der Waals surface area contributed by atoms with Gasteiger partial charge in [0.2, 0.25) is 5.91 Å². The van der Waals surface area contributed by atoms with Crippen molar-refractivity contribution in [1.82, 2.24) is 23.6 Å². The monoisotopic (exact) mass is 363 g/mol. The Morgan fingerprint density at radius 3 is 2.69 bits per heavy atom. The molecule has 0 aliphatic carbocycles. The number of aliphatic carboxylic acids is 1. The number of fused-ring (bicyclic) bond motifs is 1. The predicted octanol–water partition coefficient (Wildman–Crippen LogP) is -0.853. The van der Waals surface area contributed by atoms with E-state index in [-0.39, 0.29) is 36.6 Å². The van der Waals surface area contributed by atoms with Crippen molar-refractivity contribution in [3.63, 3.8) is 0 Å². The van der Waals surface area contributed by atoms with Gasteiger partial charge in [-0.25, -0.2) is 9.78 Å². The van der Waals surface area contributed by atoms with Crippen molar-refractivity contribution >= 4 is 23.0 Å². The molecule has 0 aromatic carbocycles. The first-order valence-electron chi connectivity index (χ1n) is 8.42. The molecule has 1 aliphatic heterocycles. The summed E-state index contributed by atoms with van der Waals surface area (Å²) in [6, 6.07) is 0. The van der Waals surface area contributed by atoms with Crippen molar-refractivity contribution < 1.29 is 14.7 Å². The maximum absolute atomic E-state index is 12.4. The van der Waals surface area contributed by atoms with Gasteiger partial charge in [-0.15, -0.1) is 0 Å². The average molecular weight is 363 g/mol. The lowest BCUT2D eigenvalue weighted by atomic mass is 9.98. The summed E-state index contributed by atoms with van der Waals surface area (Å²) in [6.45, 7) is 0.996. The Hall–Kier alpha value is -2.91. The molecule has 2 aromatic heterocycles. The first-order chi connectivity index (χ1) is 12.3. The molecule has 3 rings (SSSR count). The molecule has 0 saturated carbocycles. The number of nitrogens with zero attached hydrogens (tertiary/aromatic N) is 5. The summed E-state index contributed by atoms with van der Waals surface area (Å²) < 4.78 is 3.86. The van der Waals surface area contributed by atoms with Crippen LogP contribution in [0.4, 0.5) is 0 Å². The molecule has 140 valence electrons. The minimum atomic E-state index is -0.882. The molecule has 1 amide bonds. The van der Waals surface area contributed by atoms with Crippen molar-refractivity contribution in [1.29, 1.82) is 0 Å². The fraction of sp³-hybridized carbons (Fsp3) is 0.562. The second kappa shape index (κ2) is 6.77. The van der Waals surface area contributed by atoms with Crippen LogP contribution in [0.1, 0.15) is 19.3 Å². The van der Waals surface area contributed by atoms with Crippen LogP contribution in [0, 0.1) is 5.92 Å². The summed E-state index contributed by atoms with van der Waals surface area (Å²) in [5, 5.41) is 9.13. The minimum absolute atomic E-state index is 0.129. The first-order valence-corrected chi connectivity index (χ1v) is 8.42. The SMILES string of the molecule is Cn1c(=O)c2c(ncn2CCC(=O)N2CCC[C@H](C(=O)O)C2)n(C)c1=O. The van der Waals surface area contributed by atoms with Crippen molar-refractivity contribution in [3.8, 4) is 0 Å². The van der Waals surface area contributed by atoms with Crippen LogP contribution in [0.25, 0.3) is 11.2 Å². The van der Waals surface area contributed by atoms with Crippen LogP contribution in [0.2, 0.25) is 0 Å². The number of imidazole rings is 1. The number of carboxylic acid groups (broad SMARTS) is 1. The number of aromatic nitrogens is 4. The molecular formula is C16H21N5O5. The second-order valence-electron chi connectivity index (χ2n) is 6.58. The Bertz CT molecular complexity index is 985. The van der Waals surface area contributed by atoms with Gasteiger partial charge in [0.15, 0.2) is 11.2 Å². The number of carbonyl (C=O) groups is 2. The van der Waals surface area contributed by atoms with Crippen LogP contribution < -0.4 is 11.2 Å². The van der Waals surface area contributed by atoms with Crippen molar-refractivity contribution in [3.05, 3.63) is 27.2 Å². The number of carbonyl (C=O) groups excluding carboxylic acids is 1. The highest BCUT2D eigenvalue weighted by Crippen LogP contribution is 2.17. The minimum Gasteiger partial charge on any atom is -0.481 e. The number of rotatable bonds is 4. The topological polar surface area (TPSA) is 119 Å². The van der Waals surface area contributed by atoms with Crippen molar-refractivity contribution in [2.45, 2.75) is 25.8 Å². The van der Waals surface area contributed by atoms with E-state index >= 15 is 0 Å². The van der Waals surface area contributed by atoms with Crippen molar-refractivity contribution in [2.24, 2.45) is 20.0 Å². The molecule has 1 fully saturated rings. The Labute approximate surface area is 148 Å². The molecule has 1 aliphatic rings. The second-order valence-corrected chi connectivity index (χ2v) is 6.58. The average Bonchev–Trinajstić information content (AvgIpc) is 3.06. The Kier molecular flexibility index (Phi) is 4.66. The van der Waals surface area contributed by atoms with Gasteiger partial charge in [-0.1, -0.05) is 0 Å². The number of likely N-dealkylation sites (tertiary alicyclic amines) is 1. The number of piperidine rings is 1. The third kappa shape index (κ3) is 3.02. The molecule has 0 bridgehead atoms. The lowest BCUT2D eigenvalue weighted by molar-refractivity contribution is -0.145. The number of amides is 1. The standard InChI is InChI=1S/C16H21N5O5/c1-18-13-12(14(23)19(2)16(18)26)21(9-17-13)7-5-11(22)20-6-3-4-10(8-20)15(24)25/h9-10H,3-8H2,1-2H3,(H,24,25)/t10-/m0/s1. The Morgan fingerprint density at radius 1 is 1.27 bits per heavy atom. The smallest absolute Gasteiger partial charge is 0.332 e. The van der Waals surface area contributed by atoms with E-state index < -0.39 is 23.1 Å². The van der Waals surface area contributed by atoms with E-state index in [2.05, 4.69) is 4.98 Å². The fourth-order valence-corrected chi connectivity index (χ4v) is 3.35. The molecule has 1 N–H and O–H groups in total. The predicted molar refractivity (Wildman–Crippen MR) is 91.8 cm³/mol. The van der Waals surface area contributed by atoms with E-state index in [0.717, 1.165) is 4.57 Å². The van der Waals surface area contributed by atoms with Gasteiger partial charge in [0.25, 0.3) is 5.56 Å². The zero-order valence-corrected chi connectivity index (χ0v) is 14.7. The molecule has 10 heteroatoms. The summed E-state index contributed by atoms with van der Waals surface area (Å²) in [7, 11) is 2.93. The number of aryl methyl sites for hydroxylation is 2. The molecule has 1 saturated heterocycles. The largest absolute Gasteiger partial charge is 0.481 e. The van der Waals surface area contributed by atoms with Gasteiger partial charge in [0, 0.05) is 40.2 Å². The summed E-state index contributed by atoms with van der Waals surface area (Å²) in [5.41, 5.74) is -0.382. The zero-order chi connectivity index (χ0) is 19.0. The third-order valence-corrected chi connectivity index (χ3v) is 4.91. The molecule has 10 nitrogen and oxygen atoms in total. The first kappa shape index (κ1) is 17.9. The number of carboxylic acids is 1. The van der Waals surface area contributed by atoms with E-state index in [0.29, 0.717) is 19.4 Å². The highest BCUT2D eigenvalue weighted by atomic mass is 16.4. The van der Waals surface area contributed by atoms with Crippen LogP contribution in [0.5, 0.6) is 0 Å². The van der Waals surface area contributed by atoms with Gasteiger partial charge < -0.3 is 14.6 Å². The van der Waals surface area contributed by atoms with Gasteiger partial charge in [0.1, 0.15) is 0 Å². The van der Waals surface area contributed by atoms with Crippen LogP contribution in [0.15, 0.2) is 15.9 Å². The molecule has 0 unspecified atom stereocenters. The maximum Gasteiger partial charge on any atom is 0.332 e. The van der Waals surface area contributed by atoms with Crippen LogP contribution >= 0.6 is 0 Å². The van der Waals surface area contributed by atoms with Gasteiger partial charge in [-0.3, -0.25) is 23.5 Å². The summed E-state index contributed by atoms with van der Waals surface area (Å²) >= 11 is 0. The number of hydrogen-bond donors (Lipinski definition) is 1. The van der Waals surface area contributed by atoms with Crippen LogP contribution in [0.3, 0.4) is 0 Å². The highest BCUT2D eigenvalue weighted by Gasteiger charge is 2.28. The van der Waals surface area contributed by atoms with E-state index in [4.69, 9.17) is 5.11 Å². The van der Waals surface area contributed by atoms with Gasteiger partial charge in [-0.05, 0) is 12.8 Å². The molecule has 2 aromatic rings. The number of hydrogen-bond acceptors (Lipinski definition) is 5. The third-order valence-electron chi connectivity index (χ3n) is 4.91. The van der Waals surface area contributed by atoms with Crippen LogP contribution in [-0.2, 0) is 30.2 Å². The normalized spacial score (nSPS) is 17.6. The van der Waals surface area contributed by atoms with Gasteiger partial charge in [0.05, 0.1) is 12.2 Å². The molecule has 0 spiro atoms. The summed E-state index contributed by atoms with van der Waals surface area (Å²) in [5.74, 6) is -1.56. The lowest BCUT2D eigenvalue weighted by Gasteiger charge is -2.30. The molecular weight excluding hydrogens is 342 g/mol. The fourth-order valence-electron chi connectivity index (χ4n) is 3.35. The molecule has 26 heavy (non-hydrogen) atoms. The quantitative estimate of drug-likeness (QED) is 0.755. The molecule has 0 radical (unpaired) electrons. The van der Waals surface area contributed by atoms with Crippen molar-refractivity contribution in [2.75, 3.05) is 13.1 Å². The Balaban J connectivity index is 1.78. The molecule has 3 heterocycles. The van der Waals surface area contributed by atoms with E-state index in [9.17, 15) is 19.2 Å². The summed E-state index contributed by atoms with van der Waals surface area (Å²) in [4.78, 5) is 53.6. The van der Waals surface area contributed by atoms with E-state index in [1.807, 2.05) is 0 Å². The van der Waals surface area contributed by atoms with E-state index in [1.54, 1.807) is 9.47 Å². The van der Waals surface area contributed by atoms with E-state index in [1.165, 1.54) is 25.0 Å².